The lowest BCUT2D eigenvalue weighted by Crippen LogP contribution is -2.62. The Labute approximate surface area is 222 Å². The second-order valence-electron chi connectivity index (χ2n) is 9.35. The molecule has 0 unspecified atom stereocenters. The van der Waals surface area contributed by atoms with E-state index in [4.69, 9.17) is 4.74 Å². The molecular formula is C30H28N2O5S. The Morgan fingerprint density at radius 1 is 1.03 bits per heavy atom. The SMILES string of the molecule is CCCCC1=C(C(=O)OC(c2ccccc2)c2ccccc2)N2C(=O)/C(=C/c3ccccn3)[C@H]2S(=O)(=O)C1. The van der Waals surface area contributed by atoms with Crippen molar-refractivity contribution in [2.75, 3.05) is 5.75 Å². The highest BCUT2D eigenvalue weighted by atomic mass is 32.2. The molecule has 1 aromatic heterocycles. The third-order valence-corrected chi connectivity index (χ3v) is 8.60. The molecule has 0 saturated carbocycles. The molecule has 1 amide bonds. The average Bonchev–Trinajstić information content (AvgIpc) is 2.94. The fourth-order valence-electron chi connectivity index (χ4n) is 4.88. The molecule has 2 aliphatic heterocycles. The first-order chi connectivity index (χ1) is 18.4. The van der Waals surface area contributed by atoms with E-state index >= 15 is 0 Å². The Bertz CT molecular complexity index is 1460. The quantitative estimate of drug-likeness (QED) is 0.236. The summed E-state index contributed by atoms with van der Waals surface area (Å²) in [6, 6.07) is 23.9. The monoisotopic (exact) mass is 528 g/mol. The number of sulfone groups is 1. The zero-order chi connectivity index (χ0) is 26.7. The van der Waals surface area contributed by atoms with Crippen molar-refractivity contribution in [1.82, 2.24) is 9.88 Å². The van der Waals surface area contributed by atoms with Gasteiger partial charge < -0.3 is 4.74 Å². The van der Waals surface area contributed by atoms with Crippen molar-refractivity contribution >= 4 is 27.8 Å². The standard InChI is InChI=1S/C30H28N2O5S/c1-2-3-12-23-20-38(35,36)29-25(19-24-17-10-11-18-31-24)28(33)32(29)26(23)30(34)37-27(21-13-6-4-7-14-21)22-15-8-5-9-16-22/h4-11,13-19,27,29H,2-3,12,20H2,1H3/b25-19-/t29-/m1/s1. The average molecular weight is 529 g/mol. The summed E-state index contributed by atoms with van der Waals surface area (Å²) in [6.45, 7) is 1.99. The van der Waals surface area contributed by atoms with Crippen molar-refractivity contribution in [3.05, 3.63) is 119 Å². The van der Waals surface area contributed by atoms with Gasteiger partial charge in [0.05, 0.1) is 17.0 Å². The van der Waals surface area contributed by atoms with Crippen molar-refractivity contribution in [3.63, 3.8) is 0 Å². The maximum absolute atomic E-state index is 13.8. The first kappa shape index (κ1) is 25.6. The molecule has 3 heterocycles. The number of fused-ring (bicyclic) bond motifs is 1. The number of ether oxygens (including phenoxy) is 1. The number of carbonyl (C=O) groups is 2. The van der Waals surface area contributed by atoms with E-state index < -0.39 is 33.2 Å². The summed E-state index contributed by atoms with van der Waals surface area (Å²) in [6.07, 6.45) is 4.22. The molecule has 1 fully saturated rings. The van der Waals surface area contributed by atoms with Crippen molar-refractivity contribution in [1.29, 1.82) is 0 Å². The topological polar surface area (TPSA) is 93.6 Å². The molecule has 1 atom stereocenters. The third kappa shape index (κ3) is 4.91. The Morgan fingerprint density at radius 3 is 2.24 bits per heavy atom. The van der Waals surface area contributed by atoms with Crippen LogP contribution in [0.15, 0.2) is 102 Å². The molecule has 2 aromatic carbocycles. The number of pyridine rings is 1. The molecule has 3 aromatic rings. The molecule has 0 radical (unpaired) electrons. The number of nitrogens with zero attached hydrogens (tertiary/aromatic N) is 2. The van der Waals surface area contributed by atoms with Crippen LogP contribution in [0, 0.1) is 0 Å². The molecule has 0 spiro atoms. The lowest BCUT2D eigenvalue weighted by Gasteiger charge is -2.46. The van der Waals surface area contributed by atoms with Gasteiger partial charge in [0.2, 0.25) is 0 Å². The second-order valence-corrected chi connectivity index (χ2v) is 11.4. The lowest BCUT2D eigenvalue weighted by molar-refractivity contribution is -0.149. The van der Waals surface area contributed by atoms with E-state index in [1.54, 1.807) is 24.4 Å². The summed E-state index contributed by atoms with van der Waals surface area (Å²) < 4.78 is 32.8. The van der Waals surface area contributed by atoms with Crippen LogP contribution in [0.2, 0.25) is 0 Å². The van der Waals surface area contributed by atoms with Gasteiger partial charge in [0.1, 0.15) is 5.70 Å². The molecule has 0 N–H and O–H groups in total. The van der Waals surface area contributed by atoms with Crippen LogP contribution in [0.25, 0.3) is 6.08 Å². The molecule has 1 saturated heterocycles. The fourth-order valence-corrected chi connectivity index (χ4v) is 6.88. The Balaban J connectivity index is 1.55. The highest BCUT2D eigenvalue weighted by Gasteiger charge is 2.56. The van der Waals surface area contributed by atoms with Crippen LogP contribution in [0.3, 0.4) is 0 Å². The number of benzene rings is 2. The van der Waals surface area contributed by atoms with E-state index in [-0.39, 0.29) is 17.0 Å². The van der Waals surface area contributed by atoms with E-state index in [0.29, 0.717) is 24.1 Å². The minimum absolute atomic E-state index is 0.0401. The van der Waals surface area contributed by atoms with E-state index in [1.807, 2.05) is 67.6 Å². The Morgan fingerprint density at radius 2 is 1.66 bits per heavy atom. The summed E-state index contributed by atoms with van der Waals surface area (Å²) in [5.74, 6) is -1.54. The summed E-state index contributed by atoms with van der Waals surface area (Å²) in [4.78, 5) is 32.5. The van der Waals surface area contributed by atoms with E-state index in [0.717, 1.165) is 22.4 Å². The van der Waals surface area contributed by atoms with Crippen LogP contribution in [0.1, 0.15) is 49.1 Å². The minimum Gasteiger partial charge on any atom is -0.448 e. The number of β-lactam (4-membered cyclic amide) rings is 1. The van der Waals surface area contributed by atoms with Crippen LogP contribution in [-0.2, 0) is 24.2 Å². The molecule has 38 heavy (non-hydrogen) atoms. The van der Waals surface area contributed by atoms with Gasteiger partial charge in [-0.15, -0.1) is 0 Å². The van der Waals surface area contributed by atoms with Crippen molar-refractivity contribution < 1.29 is 22.7 Å². The summed E-state index contributed by atoms with van der Waals surface area (Å²) >= 11 is 0. The molecule has 0 bridgehead atoms. The number of hydrogen-bond acceptors (Lipinski definition) is 6. The lowest BCUT2D eigenvalue weighted by atomic mass is 9.98. The first-order valence-electron chi connectivity index (χ1n) is 12.6. The highest BCUT2D eigenvalue weighted by molar-refractivity contribution is 7.92. The van der Waals surface area contributed by atoms with Crippen molar-refractivity contribution in [2.24, 2.45) is 0 Å². The van der Waals surface area contributed by atoms with Crippen LogP contribution in [0.4, 0.5) is 0 Å². The Hall–Kier alpha value is -4.04. The van der Waals surface area contributed by atoms with Gasteiger partial charge in [-0.3, -0.25) is 14.7 Å². The van der Waals surface area contributed by atoms with E-state index in [9.17, 15) is 18.0 Å². The van der Waals surface area contributed by atoms with Crippen LogP contribution in [-0.4, -0.2) is 41.3 Å². The van der Waals surface area contributed by atoms with Crippen LogP contribution >= 0.6 is 0 Å². The largest absolute Gasteiger partial charge is 0.448 e. The molecule has 0 aliphatic carbocycles. The number of hydrogen-bond donors (Lipinski definition) is 0. The molecule has 5 rings (SSSR count). The molecule has 7 nitrogen and oxygen atoms in total. The number of esters is 1. The molecule has 8 heteroatoms. The van der Waals surface area contributed by atoms with Gasteiger partial charge in [0.15, 0.2) is 21.3 Å². The molecule has 2 aliphatic rings. The Kier molecular flexibility index (Phi) is 7.24. The van der Waals surface area contributed by atoms with Gasteiger partial charge in [0, 0.05) is 6.20 Å². The van der Waals surface area contributed by atoms with Gasteiger partial charge in [-0.1, -0.05) is 80.1 Å². The predicted octanol–water partition coefficient (Wildman–Crippen LogP) is 4.84. The zero-order valence-corrected chi connectivity index (χ0v) is 21.8. The highest BCUT2D eigenvalue weighted by Crippen LogP contribution is 2.43. The van der Waals surface area contributed by atoms with Gasteiger partial charge in [-0.05, 0) is 47.8 Å². The van der Waals surface area contributed by atoms with Gasteiger partial charge in [0.25, 0.3) is 5.91 Å². The maximum atomic E-state index is 13.8. The third-order valence-electron chi connectivity index (χ3n) is 6.70. The normalized spacial score (nSPS) is 19.3. The first-order valence-corrected chi connectivity index (χ1v) is 14.3. The second kappa shape index (κ2) is 10.8. The molecular weight excluding hydrogens is 500 g/mol. The van der Waals surface area contributed by atoms with Crippen LogP contribution in [0.5, 0.6) is 0 Å². The van der Waals surface area contributed by atoms with Crippen LogP contribution < -0.4 is 0 Å². The summed E-state index contributed by atoms with van der Waals surface area (Å²) in [5, 5.41) is -1.24. The van der Waals surface area contributed by atoms with Gasteiger partial charge in [-0.2, -0.15) is 0 Å². The number of aromatic nitrogens is 1. The summed E-state index contributed by atoms with van der Waals surface area (Å²) in [7, 11) is -3.76. The summed E-state index contributed by atoms with van der Waals surface area (Å²) in [5.41, 5.74) is 2.58. The number of amides is 1. The fraction of sp³-hybridized carbons (Fsp3) is 0.233. The van der Waals surface area contributed by atoms with E-state index in [2.05, 4.69) is 4.98 Å². The zero-order valence-electron chi connectivity index (χ0n) is 21.0. The maximum Gasteiger partial charge on any atom is 0.356 e. The van der Waals surface area contributed by atoms with Gasteiger partial charge >= 0.3 is 5.97 Å². The van der Waals surface area contributed by atoms with Gasteiger partial charge in [-0.25, -0.2) is 13.2 Å². The number of rotatable bonds is 8. The minimum atomic E-state index is -3.76. The van der Waals surface area contributed by atoms with Crippen molar-refractivity contribution in [2.45, 2.75) is 37.7 Å². The number of carbonyl (C=O) groups excluding carboxylic acids is 2. The smallest absolute Gasteiger partial charge is 0.356 e. The predicted molar refractivity (Wildman–Crippen MR) is 144 cm³/mol. The van der Waals surface area contributed by atoms with E-state index in [1.165, 1.54) is 6.08 Å². The molecule has 194 valence electrons. The van der Waals surface area contributed by atoms with Crippen molar-refractivity contribution in [3.8, 4) is 0 Å². The number of unbranched alkanes of at least 4 members (excludes halogenated alkanes) is 1.